The van der Waals surface area contributed by atoms with Crippen LogP contribution in [0.4, 0.5) is 5.82 Å². The van der Waals surface area contributed by atoms with Crippen molar-refractivity contribution in [1.82, 2.24) is 15.5 Å². The Morgan fingerprint density at radius 3 is 2.53 bits per heavy atom. The minimum atomic E-state index is -0.469. The molecule has 0 bridgehead atoms. The zero-order chi connectivity index (χ0) is 14.4. The molecule has 19 heavy (non-hydrogen) atoms. The van der Waals surface area contributed by atoms with Gasteiger partial charge in [-0.25, -0.2) is 0 Å². The predicted molar refractivity (Wildman–Crippen MR) is 72.7 cm³/mol. The second kappa shape index (κ2) is 6.69. The Balaban J connectivity index is 3.16. The van der Waals surface area contributed by atoms with E-state index in [1.165, 1.54) is 0 Å². The second-order valence-electron chi connectivity index (χ2n) is 4.15. The number of anilines is 1. The number of nitriles is 1. The van der Waals surface area contributed by atoms with Crippen molar-refractivity contribution in [2.45, 2.75) is 39.7 Å². The fourth-order valence-corrected chi connectivity index (χ4v) is 1.88. The summed E-state index contributed by atoms with van der Waals surface area (Å²) >= 11 is 0. The van der Waals surface area contributed by atoms with Gasteiger partial charge < -0.3 is 10.6 Å². The van der Waals surface area contributed by atoms with Crippen LogP contribution in [0.3, 0.4) is 0 Å². The number of aromatic nitrogens is 2. The maximum Gasteiger partial charge on any atom is 0.241 e. The maximum absolute atomic E-state index is 11.5. The summed E-state index contributed by atoms with van der Waals surface area (Å²) < 4.78 is 0. The van der Waals surface area contributed by atoms with Gasteiger partial charge in [-0.3, -0.25) is 4.79 Å². The number of aryl methyl sites for hydroxylation is 1. The predicted octanol–water partition coefficient (Wildman–Crippen LogP) is 1.02. The molecule has 0 saturated carbocycles. The van der Waals surface area contributed by atoms with Gasteiger partial charge in [0.2, 0.25) is 5.91 Å². The van der Waals surface area contributed by atoms with Crippen molar-refractivity contribution in [3.8, 4) is 6.07 Å². The van der Waals surface area contributed by atoms with Crippen LogP contribution in [0.1, 0.15) is 37.6 Å². The molecule has 1 aromatic heterocycles. The van der Waals surface area contributed by atoms with Crippen molar-refractivity contribution in [3.05, 3.63) is 16.8 Å². The Hall–Kier alpha value is -2.16. The van der Waals surface area contributed by atoms with E-state index in [0.29, 0.717) is 17.8 Å². The van der Waals surface area contributed by atoms with E-state index in [-0.39, 0.29) is 5.91 Å². The van der Waals surface area contributed by atoms with E-state index >= 15 is 0 Å². The molecule has 0 aliphatic carbocycles. The van der Waals surface area contributed by atoms with Crippen LogP contribution in [0.5, 0.6) is 0 Å². The molecule has 1 atom stereocenters. The Morgan fingerprint density at radius 2 is 2.05 bits per heavy atom. The van der Waals surface area contributed by atoms with E-state index in [0.717, 1.165) is 17.7 Å². The first-order chi connectivity index (χ1) is 9.08. The van der Waals surface area contributed by atoms with Gasteiger partial charge in [-0.1, -0.05) is 13.8 Å². The summed E-state index contributed by atoms with van der Waals surface area (Å²) in [6.07, 6.45) is 1.45. The summed E-state index contributed by atoms with van der Waals surface area (Å²) in [5.74, 6) is 0.205. The van der Waals surface area contributed by atoms with E-state index in [4.69, 9.17) is 0 Å². The molecule has 6 nitrogen and oxygen atoms in total. The molecule has 1 rings (SSSR count). The number of likely N-dealkylation sites (N-methyl/N-ethyl adjacent to an activating group) is 1. The lowest BCUT2D eigenvalue weighted by molar-refractivity contribution is -0.121. The molecule has 1 heterocycles. The lowest BCUT2D eigenvalue weighted by Crippen LogP contribution is -2.35. The quantitative estimate of drug-likeness (QED) is 0.825. The summed E-state index contributed by atoms with van der Waals surface area (Å²) in [6.45, 7) is 5.66. The second-order valence-corrected chi connectivity index (χ2v) is 4.15. The normalized spacial score (nSPS) is 11.5. The number of nitrogens with zero attached hydrogens (tertiary/aromatic N) is 3. The van der Waals surface area contributed by atoms with Crippen LogP contribution < -0.4 is 10.6 Å². The van der Waals surface area contributed by atoms with Crippen molar-refractivity contribution in [2.75, 3.05) is 12.4 Å². The van der Waals surface area contributed by atoms with Crippen LogP contribution in [0, 0.1) is 11.3 Å². The molecule has 1 amide bonds. The molecule has 0 aliphatic heterocycles. The lowest BCUT2D eigenvalue weighted by atomic mass is 10.0. The van der Waals surface area contributed by atoms with Gasteiger partial charge in [0.15, 0.2) is 5.82 Å². The molecule has 0 fully saturated rings. The fraction of sp³-hybridized carbons (Fsp3) is 0.538. The monoisotopic (exact) mass is 261 g/mol. The van der Waals surface area contributed by atoms with Crippen LogP contribution in [0.25, 0.3) is 0 Å². The van der Waals surface area contributed by atoms with Gasteiger partial charge in [-0.05, 0) is 25.3 Å². The van der Waals surface area contributed by atoms with Crippen molar-refractivity contribution >= 4 is 11.7 Å². The van der Waals surface area contributed by atoms with Crippen LogP contribution >= 0.6 is 0 Å². The molecule has 2 N–H and O–H groups in total. The van der Waals surface area contributed by atoms with Crippen LogP contribution in [0.15, 0.2) is 0 Å². The largest absolute Gasteiger partial charge is 0.357 e. The standard InChI is InChI=1S/C13H19N5O/c1-5-9-10(7-14)12(18-17-11(9)6-2)16-8(3)13(19)15-4/h8H,5-6H2,1-4H3,(H,15,19)(H,16,18). The summed E-state index contributed by atoms with van der Waals surface area (Å²) in [5.41, 5.74) is 2.20. The third kappa shape index (κ3) is 3.19. The van der Waals surface area contributed by atoms with E-state index in [1.807, 2.05) is 13.8 Å². The van der Waals surface area contributed by atoms with Crippen molar-refractivity contribution in [2.24, 2.45) is 0 Å². The summed E-state index contributed by atoms with van der Waals surface area (Å²) in [4.78, 5) is 11.5. The first kappa shape index (κ1) is 14.9. The number of nitrogens with one attached hydrogen (secondary N) is 2. The third-order valence-electron chi connectivity index (χ3n) is 2.95. The fourth-order valence-electron chi connectivity index (χ4n) is 1.88. The highest BCUT2D eigenvalue weighted by Crippen LogP contribution is 2.20. The molecule has 0 aliphatic rings. The molecule has 102 valence electrons. The average Bonchev–Trinajstić information content (AvgIpc) is 2.45. The molecular weight excluding hydrogens is 242 g/mol. The van der Waals surface area contributed by atoms with Gasteiger partial charge in [0, 0.05) is 7.05 Å². The average molecular weight is 261 g/mol. The Labute approximate surface area is 113 Å². The Bertz CT molecular complexity index is 506. The summed E-state index contributed by atoms with van der Waals surface area (Å²) in [6, 6.07) is 1.69. The smallest absolute Gasteiger partial charge is 0.241 e. The highest BCUT2D eigenvalue weighted by molar-refractivity contribution is 5.84. The van der Waals surface area contributed by atoms with E-state index in [2.05, 4.69) is 26.9 Å². The number of amides is 1. The van der Waals surface area contributed by atoms with Crippen molar-refractivity contribution < 1.29 is 4.79 Å². The number of carbonyl (C=O) groups is 1. The Morgan fingerprint density at radius 1 is 1.37 bits per heavy atom. The van der Waals surface area contributed by atoms with E-state index in [9.17, 15) is 10.1 Å². The number of rotatable bonds is 5. The van der Waals surface area contributed by atoms with Crippen LogP contribution in [-0.2, 0) is 17.6 Å². The van der Waals surface area contributed by atoms with Gasteiger partial charge in [-0.15, -0.1) is 5.10 Å². The summed E-state index contributed by atoms with van der Waals surface area (Å²) in [7, 11) is 1.56. The van der Waals surface area contributed by atoms with Crippen LogP contribution in [-0.4, -0.2) is 29.2 Å². The number of hydrogen-bond acceptors (Lipinski definition) is 5. The van der Waals surface area contributed by atoms with Gasteiger partial charge in [0.25, 0.3) is 0 Å². The molecule has 6 heteroatoms. The third-order valence-corrected chi connectivity index (χ3v) is 2.95. The molecule has 0 aromatic carbocycles. The first-order valence-electron chi connectivity index (χ1n) is 6.35. The zero-order valence-electron chi connectivity index (χ0n) is 11.7. The highest BCUT2D eigenvalue weighted by Gasteiger charge is 2.18. The van der Waals surface area contributed by atoms with Gasteiger partial charge in [0.05, 0.1) is 5.69 Å². The lowest BCUT2D eigenvalue weighted by Gasteiger charge is -2.15. The zero-order valence-corrected chi connectivity index (χ0v) is 11.7. The number of hydrogen-bond donors (Lipinski definition) is 2. The molecule has 1 aromatic rings. The molecule has 0 saturated heterocycles. The van der Waals surface area contributed by atoms with Crippen LogP contribution in [0.2, 0.25) is 0 Å². The minimum absolute atomic E-state index is 0.164. The molecule has 1 unspecified atom stereocenters. The van der Waals surface area contributed by atoms with Gasteiger partial charge in [0.1, 0.15) is 17.7 Å². The molecular formula is C13H19N5O. The highest BCUT2D eigenvalue weighted by atomic mass is 16.2. The number of carbonyl (C=O) groups excluding carboxylic acids is 1. The van der Waals surface area contributed by atoms with Crippen molar-refractivity contribution in [3.63, 3.8) is 0 Å². The summed E-state index contributed by atoms with van der Waals surface area (Å²) in [5, 5.41) is 22.9. The minimum Gasteiger partial charge on any atom is -0.357 e. The Kier molecular flexibility index (Phi) is 5.24. The first-order valence-corrected chi connectivity index (χ1v) is 6.35. The van der Waals surface area contributed by atoms with E-state index < -0.39 is 6.04 Å². The van der Waals surface area contributed by atoms with Crippen molar-refractivity contribution in [1.29, 1.82) is 5.26 Å². The van der Waals surface area contributed by atoms with E-state index in [1.54, 1.807) is 14.0 Å². The maximum atomic E-state index is 11.5. The SMILES string of the molecule is CCc1nnc(NC(C)C(=O)NC)c(C#N)c1CC. The topological polar surface area (TPSA) is 90.7 Å². The van der Waals surface area contributed by atoms with Gasteiger partial charge in [-0.2, -0.15) is 10.4 Å². The molecule has 0 spiro atoms. The molecule has 0 radical (unpaired) electrons. The van der Waals surface area contributed by atoms with Gasteiger partial charge >= 0.3 is 0 Å².